The van der Waals surface area contributed by atoms with Crippen LogP contribution in [0, 0.1) is 5.92 Å². The molecule has 0 bridgehead atoms. The van der Waals surface area contributed by atoms with Gasteiger partial charge in [-0.25, -0.2) is 0 Å². The third kappa shape index (κ3) is 8.41. The van der Waals surface area contributed by atoms with Gasteiger partial charge in [0.15, 0.2) is 0 Å². The Kier molecular flexibility index (Phi) is 9.74. The predicted molar refractivity (Wildman–Crippen MR) is 77.5 cm³/mol. The van der Waals surface area contributed by atoms with E-state index in [4.69, 9.17) is 5.53 Å². The molecule has 104 valence electrons. The second-order valence-corrected chi connectivity index (χ2v) is 5.75. The largest absolute Gasteiger partial charge is 0.0937 e. The summed E-state index contributed by atoms with van der Waals surface area (Å²) in [7, 11) is 0. The highest BCUT2D eigenvalue weighted by Gasteiger charge is 2.07. The molecule has 0 aromatic heterocycles. The highest BCUT2D eigenvalue weighted by atomic mass is 15.1. The minimum absolute atomic E-state index is 0.642. The molecule has 0 aliphatic heterocycles. The van der Waals surface area contributed by atoms with Gasteiger partial charge in [0.05, 0.1) is 0 Å². The highest BCUT2D eigenvalue weighted by Crippen LogP contribution is 2.21. The van der Waals surface area contributed by atoms with Crippen molar-refractivity contribution in [2.45, 2.75) is 83.5 Å². The smallest absolute Gasteiger partial charge is 0.0286 e. The Morgan fingerprint density at radius 2 is 1.11 bits per heavy atom. The van der Waals surface area contributed by atoms with Gasteiger partial charge in [0.25, 0.3) is 0 Å². The highest BCUT2D eigenvalue weighted by molar-refractivity contribution is 4.64. The maximum Gasteiger partial charge on any atom is 0.0286 e. The van der Waals surface area contributed by atoms with Crippen LogP contribution in [0.4, 0.5) is 0 Å². The van der Waals surface area contributed by atoms with Crippen LogP contribution in [0.3, 0.4) is 0 Å². The van der Waals surface area contributed by atoms with Gasteiger partial charge >= 0.3 is 0 Å². The molecular formula is C15H29N3. The number of hydrogen-bond acceptors (Lipinski definition) is 1. The van der Waals surface area contributed by atoms with Gasteiger partial charge in [0, 0.05) is 11.5 Å². The van der Waals surface area contributed by atoms with Crippen LogP contribution in [-0.4, -0.2) is 6.54 Å². The van der Waals surface area contributed by atoms with Crippen molar-refractivity contribution in [1.29, 1.82) is 0 Å². The van der Waals surface area contributed by atoms with Crippen molar-refractivity contribution in [2.75, 3.05) is 6.54 Å². The van der Waals surface area contributed by atoms with Crippen molar-refractivity contribution in [3.8, 4) is 0 Å². The maximum absolute atomic E-state index is 8.43. The normalized spacial score (nSPS) is 21.8. The lowest BCUT2D eigenvalue weighted by Crippen LogP contribution is -2.05. The molecule has 1 fully saturated rings. The van der Waals surface area contributed by atoms with Gasteiger partial charge in [-0.1, -0.05) is 88.6 Å². The van der Waals surface area contributed by atoms with Gasteiger partial charge in [-0.15, -0.1) is 0 Å². The first-order valence-corrected chi connectivity index (χ1v) is 7.94. The molecule has 0 heterocycles. The minimum atomic E-state index is 0.642. The van der Waals surface area contributed by atoms with E-state index in [-0.39, 0.29) is 0 Å². The zero-order valence-electron chi connectivity index (χ0n) is 11.8. The summed E-state index contributed by atoms with van der Waals surface area (Å²) in [6.45, 7) is 0.719. The number of hydrogen-bond donors (Lipinski definition) is 0. The lowest BCUT2D eigenvalue weighted by molar-refractivity contribution is 0.405. The lowest BCUT2D eigenvalue weighted by Gasteiger charge is -2.14. The van der Waals surface area contributed by atoms with Crippen molar-refractivity contribution in [1.82, 2.24) is 0 Å². The molecule has 1 rings (SSSR count). The van der Waals surface area contributed by atoms with E-state index in [1.807, 2.05) is 0 Å². The molecule has 0 aromatic rings. The SMILES string of the molecule is [N-]=[N+]=NCC1CCCCCCCCCCCCC1. The van der Waals surface area contributed by atoms with Gasteiger partial charge in [-0.2, -0.15) is 0 Å². The zero-order valence-corrected chi connectivity index (χ0v) is 11.8. The molecule has 3 heteroatoms. The fourth-order valence-electron chi connectivity index (χ4n) is 2.94. The van der Waals surface area contributed by atoms with Crippen LogP contribution in [0.1, 0.15) is 83.5 Å². The molecule has 0 N–H and O–H groups in total. The van der Waals surface area contributed by atoms with E-state index >= 15 is 0 Å². The van der Waals surface area contributed by atoms with Gasteiger partial charge < -0.3 is 0 Å². The van der Waals surface area contributed by atoms with Crippen molar-refractivity contribution >= 4 is 0 Å². The molecule has 18 heavy (non-hydrogen) atoms. The topological polar surface area (TPSA) is 48.8 Å². The Labute approximate surface area is 112 Å². The predicted octanol–water partition coefficient (Wildman–Crippen LogP) is 6.00. The summed E-state index contributed by atoms with van der Waals surface area (Å²) in [5.74, 6) is 0.642. The zero-order chi connectivity index (χ0) is 12.9. The summed E-state index contributed by atoms with van der Waals surface area (Å²) in [6, 6.07) is 0. The van der Waals surface area contributed by atoms with Crippen molar-refractivity contribution < 1.29 is 0 Å². The molecule has 0 aromatic carbocycles. The van der Waals surface area contributed by atoms with E-state index in [1.54, 1.807) is 0 Å². The van der Waals surface area contributed by atoms with Crippen molar-refractivity contribution in [2.24, 2.45) is 11.0 Å². The first-order chi connectivity index (χ1) is 8.93. The number of rotatable bonds is 2. The van der Waals surface area contributed by atoms with E-state index in [0.717, 1.165) is 6.54 Å². The molecule has 1 aliphatic carbocycles. The maximum atomic E-state index is 8.43. The quantitative estimate of drug-likeness (QED) is 0.328. The third-order valence-electron chi connectivity index (χ3n) is 4.13. The van der Waals surface area contributed by atoms with Crippen molar-refractivity contribution in [3.63, 3.8) is 0 Å². The Balaban J connectivity index is 2.26. The second-order valence-electron chi connectivity index (χ2n) is 5.75. The fraction of sp³-hybridized carbons (Fsp3) is 1.00. The van der Waals surface area contributed by atoms with Crippen LogP contribution in [0.5, 0.6) is 0 Å². The molecule has 0 saturated heterocycles. The van der Waals surface area contributed by atoms with E-state index in [9.17, 15) is 0 Å². The summed E-state index contributed by atoms with van der Waals surface area (Å²) >= 11 is 0. The van der Waals surface area contributed by atoms with Crippen LogP contribution in [-0.2, 0) is 0 Å². The van der Waals surface area contributed by atoms with Gasteiger partial charge in [0.2, 0.25) is 0 Å². The van der Waals surface area contributed by atoms with Crippen LogP contribution in [0.15, 0.2) is 5.11 Å². The minimum Gasteiger partial charge on any atom is -0.0937 e. The van der Waals surface area contributed by atoms with Crippen LogP contribution in [0.25, 0.3) is 10.4 Å². The van der Waals surface area contributed by atoms with Gasteiger partial charge in [-0.05, 0) is 11.4 Å². The standard InChI is InChI=1S/C15H29N3/c16-18-17-14-15-12-10-8-6-4-2-1-3-5-7-9-11-13-15/h15H,1-14H2. The van der Waals surface area contributed by atoms with Crippen LogP contribution < -0.4 is 0 Å². The molecule has 0 radical (unpaired) electrons. The van der Waals surface area contributed by atoms with E-state index in [0.29, 0.717) is 5.92 Å². The molecule has 1 aliphatic rings. The molecular weight excluding hydrogens is 222 g/mol. The Bertz CT molecular complexity index is 220. The summed E-state index contributed by atoms with van der Waals surface area (Å²) in [5, 5.41) is 3.78. The first-order valence-electron chi connectivity index (χ1n) is 7.94. The Morgan fingerprint density at radius 1 is 0.722 bits per heavy atom. The average molecular weight is 251 g/mol. The fourth-order valence-corrected chi connectivity index (χ4v) is 2.94. The van der Waals surface area contributed by atoms with Crippen LogP contribution in [0.2, 0.25) is 0 Å². The van der Waals surface area contributed by atoms with E-state index < -0.39 is 0 Å². The first kappa shape index (κ1) is 15.4. The Hall–Kier alpha value is -0.690. The van der Waals surface area contributed by atoms with Crippen LogP contribution >= 0.6 is 0 Å². The molecule has 3 nitrogen and oxygen atoms in total. The second kappa shape index (κ2) is 11.4. The van der Waals surface area contributed by atoms with Crippen molar-refractivity contribution in [3.05, 3.63) is 10.4 Å². The number of azide groups is 1. The summed E-state index contributed by atoms with van der Waals surface area (Å²) in [5.41, 5.74) is 8.43. The Morgan fingerprint density at radius 3 is 1.50 bits per heavy atom. The summed E-state index contributed by atoms with van der Waals surface area (Å²) in [6.07, 6.45) is 17.9. The molecule has 0 spiro atoms. The van der Waals surface area contributed by atoms with E-state index in [1.165, 1.54) is 83.5 Å². The van der Waals surface area contributed by atoms with E-state index in [2.05, 4.69) is 10.0 Å². The number of nitrogens with zero attached hydrogens (tertiary/aromatic N) is 3. The molecule has 1 saturated carbocycles. The lowest BCUT2D eigenvalue weighted by atomic mass is 9.93. The summed E-state index contributed by atoms with van der Waals surface area (Å²) in [4.78, 5) is 2.91. The average Bonchev–Trinajstić information content (AvgIpc) is 2.39. The molecule has 0 unspecified atom stereocenters. The monoisotopic (exact) mass is 251 g/mol. The molecule has 0 amide bonds. The van der Waals surface area contributed by atoms with Gasteiger partial charge in [-0.3, -0.25) is 0 Å². The van der Waals surface area contributed by atoms with Gasteiger partial charge in [0.1, 0.15) is 0 Å². The summed E-state index contributed by atoms with van der Waals surface area (Å²) < 4.78 is 0. The third-order valence-corrected chi connectivity index (χ3v) is 4.13. The molecule has 0 atom stereocenters.